The predicted molar refractivity (Wildman–Crippen MR) is 67.7 cm³/mol. The van der Waals surface area contributed by atoms with E-state index in [4.69, 9.17) is 0 Å². The van der Waals surface area contributed by atoms with E-state index in [1.807, 2.05) is 0 Å². The van der Waals surface area contributed by atoms with E-state index in [1.165, 1.54) is 24.3 Å². The molecule has 0 radical (unpaired) electrons. The van der Waals surface area contributed by atoms with Crippen molar-refractivity contribution in [1.82, 2.24) is 20.5 Å². The minimum Gasteiger partial charge on any atom is -0.305 e. The van der Waals surface area contributed by atoms with Gasteiger partial charge in [-0.25, -0.2) is 4.98 Å². The summed E-state index contributed by atoms with van der Waals surface area (Å²) < 4.78 is 0. The molecular weight excluding hydrogens is 220 g/mol. The second kappa shape index (κ2) is 5.68. The van der Waals surface area contributed by atoms with E-state index in [0.29, 0.717) is 6.04 Å². The first-order valence-electron chi connectivity index (χ1n) is 6.04. The summed E-state index contributed by atoms with van der Waals surface area (Å²) in [6.45, 7) is 4.23. The van der Waals surface area contributed by atoms with Crippen molar-refractivity contribution < 1.29 is 0 Å². The third-order valence-electron chi connectivity index (χ3n) is 2.98. The Kier molecular flexibility index (Phi) is 4.23. The van der Waals surface area contributed by atoms with Crippen molar-refractivity contribution in [3.63, 3.8) is 0 Å². The number of rotatable bonds is 4. The molecule has 90 valence electrons. The Morgan fingerprint density at radius 2 is 2.25 bits per heavy atom. The van der Waals surface area contributed by atoms with Crippen molar-refractivity contribution in [2.24, 2.45) is 0 Å². The number of thioether (sulfide) groups is 1. The van der Waals surface area contributed by atoms with Crippen LogP contribution in [0, 0.1) is 0 Å². The molecule has 1 aliphatic heterocycles. The average molecular weight is 240 g/mol. The Hall–Kier alpha value is -0.550. The Bertz CT molecular complexity index is 320. The molecule has 1 fully saturated rings. The van der Waals surface area contributed by atoms with Gasteiger partial charge in [-0.05, 0) is 31.3 Å². The van der Waals surface area contributed by atoms with Crippen LogP contribution < -0.4 is 5.32 Å². The highest BCUT2D eigenvalue weighted by Crippen LogP contribution is 2.19. The molecule has 4 nitrogen and oxygen atoms in total. The fourth-order valence-corrected chi connectivity index (χ4v) is 3.06. The van der Waals surface area contributed by atoms with Crippen LogP contribution in [-0.2, 0) is 6.42 Å². The second-order valence-corrected chi connectivity index (χ2v) is 5.49. The highest BCUT2D eigenvalue weighted by Gasteiger charge is 2.18. The van der Waals surface area contributed by atoms with Crippen LogP contribution in [0.25, 0.3) is 0 Å². The number of aromatic amines is 1. The topological polar surface area (TPSA) is 53.6 Å². The lowest BCUT2D eigenvalue weighted by Gasteiger charge is -2.25. The first kappa shape index (κ1) is 11.9. The zero-order valence-electron chi connectivity index (χ0n) is 9.99. The van der Waals surface area contributed by atoms with Crippen LogP contribution in [0.2, 0.25) is 0 Å². The maximum Gasteiger partial charge on any atom is 0.167 e. The van der Waals surface area contributed by atoms with E-state index >= 15 is 0 Å². The summed E-state index contributed by atoms with van der Waals surface area (Å²) in [5.74, 6) is 4.43. The molecule has 1 unspecified atom stereocenters. The molecule has 1 atom stereocenters. The first-order chi connectivity index (χ1) is 7.79. The van der Waals surface area contributed by atoms with Crippen molar-refractivity contribution in [2.75, 3.05) is 11.5 Å². The predicted octanol–water partition coefficient (Wildman–Crippen LogP) is 1.91. The number of aryl methyl sites for hydroxylation is 1. The fourth-order valence-electron chi connectivity index (χ4n) is 1.95. The van der Waals surface area contributed by atoms with Crippen LogP contribution in [-0.4, -0.2) is 32.7 Å². The van der Waals surface area contributed by atoms with E-state index in [9.17, 15) is 0 Å². The van der Waals surface area contributed by atoms with Gasteiger partial charge in [0.15, 0.2) is 5.82 Å². The molecule has 0 aliphatic carbocycles. The molecule has 1 aromatic rings. The van der Waals surface area contributed by atoms with Crippen LogP contribution in [0.1, 0.15) is 44.4 Å². The van der Waals surface area contributed by atoms with Crippen molar-refractivity contribution in [3.8, 4) is 0 Å². The van der Waals surface area contributed by atoms with Crippen molar-refractivity contribution in [2.45, 2.75) is 45.2 Å². The number of nitrogens with one attached hydrogen (secondary N) is 2. The van der Waals surface area contributed by atoms with E-state index in [2.05, 4.69) is 46.1 Å². The normalized spacial score (nSPS) is 19.9. The molecule has 1 saturated heterocycles. The monoisotopic (exact) mass is 240 g/mol. The maximum atomic E-state index is 4.46. The van der Waals surface area contributed by atoms with Gasteiger partial charge in [0, 0.05) is 12.5 Å². The lowest BCUT2D eigenvalue weighted by Crippen LogP contribution is -2.34. The number of H-pyrrole nitrogens is 1. The molecule has 5 heteroatoms. The van der Waals surface area contributed by atoms with E-state index < -0.39 is 0 Å². The highest BCUT2D eigenvalue weighted by molar-refractivity contribution is 7.99. The zero-order chi connectivity index (χ0) is 11.4. The number of aromatic nitrogens is 3. The van der Waals surface area contributed by atoms with Gasteiger partial charge in [-0.1, -0.05) is 6.92 Å². The van der Waals surface area contributed by atoms with Gasteiger partial charge in [0.1, 0.15) is 5.82 Å². The van der Waals surface area contributed by atoms with E-state index in [1.54, 1.807) is 0 Å². The molecule has 16 heavy (non-hydrogen) atoms. The number of hydrogen-bond acceptors (Lipinski definition) is 4. The summed E-state index contributed by atoms with van der Waals surface area (Å²) >= 11 is 2.05. The molecule has 2 N–H and O–H groups in total. The minimum absolute atomic E-state index is 0.254. The van der Waals surface area contributed by atoms with Gasteiger partial charge in [-0.15, -0.1) is 0 Å². The van der Waals surface area contributed by atoms with Crippen LogP contribution in [0.4, 0.5) is 0 Å². The van der Waals surface area contributed by atoms with E-state index in [0.717, 1.165) is 18.1 Å². The van der Waals surface area contributed by atoms with Crippen LogP contribution in [0.5, 0.6) is 0 Å². The molecule has 0 bridgehead atoms. The van der Waals surface area contributed by atoms with Crippen molar-refractivity contribution in [3.05, 3.63) is 11.6 Å². The van der Waals surface area contributed by atoms with Crippen LogP contribution in [0.15, 0.2) is 0 Å². The molecule has 2 rings (SSSR count). The average Bonchev–Trinajstić information content (AvgIpc) is 2.79. The first-order valence-corrected chi connectivity index (χ1v) is 7.20. The van der Waals surface area contributed by atoms with Crippen molar-refractivity contribution in [1.29, 1.82) is 0 Å². The van der Waals surface area contributed by atoms with Gasteiger partial charge in [0.25, 0.3) is 0 Å². The van der Waals surface area contributed by atoms with Gasteiger partial charge in [-0.3, -0.25) is 5.10 Å². The molecule has 1 aromatic heterocycles. The molecule has 0 spiro atoms. The Morgan fingerprint density at radius 3 is 2.88 bits per heavy atom. The molecule has 0 amide bonds. The minimum atomic E-state index is 0.254. The Labute approximate surface area is 101 Å². The molecule has 0 saturated carbocycles. The summed E-state index contributed by atoms with van der Waals surface area (Å²) in [7, 11) is 0. The van der Waals surface area contributed by atoms with Crippen LogP contribution >= 0.6 is 11.8 Å². The highest BCUT2D eigenvalue weighted by atomic mass is 32.2. The number of nitrogens with zero attached hydrogens (tertiary/aromatic N) is 2. The van der Waals surface area contributed by atoms with E-state index in [-0.39, 0.29) is 6.04 Å². The standard InChI is InChI=1S/C11H20N4S/c1-3-10-13-11(15-14-10)8(2)12-9-4-6-16-7-5-9/h8-9,12H,3-7H2,1-2H3,(H,13,14,15). The third-order valence-corrected chi connectivity index (χ3v) is 4.03. The number of hydrogen-bond donors (Lipinski definition) is 2. The molecule has 0 aromatic carbocycles. The van der Waals surface area contributed by atoms with Gasteiger partial charge < -0.3 is 5.32 Å². The third kappa shape index (κ3) is 2.98. The quantitative estimate of drug-likeness (QED) is 0.844. The van der Waals surface area contributed by atoms with Gasteiger partial charge >= 0.3 is 0 Å². The SMILES string of the molecule is CCc1nc(C(C)NC2CCSCC2)n[nH]1. The lowest BCUT2D eigenvalue weighted by atomic mass is 10.1. The summed E-state index contributed by atoms with van der Waals surface area (Å²) in [6, 6.07) is 0.893. The second-order valence-electron chi connectivity index (χ2n) is 4.27. The van der Waals surface area contributed by atoms with Gasteiger partial charge in [-0.2, -0.15) is 16.9 Å². The largest absolute Gasteiger partial charge is 0.305 e. The summed E-state index contributed by atoms with van der Waals surface area (Å²) in [6.07, 6.45) is 3.44. The Morgan fingerprint density at radius 1 is 1.50 bits per heavy atom. The summed E-state index contributed by atoms with van der Waals surface area (Å²) in [4.78, 5) is 4.46. The Balaban J connectivity index is 1.88. The molecule has 2 heterocycles. The van der Waals surface area contributed by atoms with Crippen LogP contribution in [0.3, 0.4) is 0 Å². The summed E-state index contributed by atoms with van der Waals surface area (Å²) in [5, 5.41) is 10.8. The molecule has 1 aliphatic rings. The zero-order valence-corrected chi connectivity index (χ0v) is 10.8. The lowest BCUT2D eigenvalue weighted by molar-refractivity contribution is 0.420. The maximum absolute atomic E-state index is 4.46. The van der Waals surface area contributed by atoms with Crippen molar-refractivity contribution >= 4 is 11.8 Å². The van der Waals surface area contributed by atoms with Gasteiger partial charge in [0.05, 0.1) is 6.04 Å². The smallest absolute Gasteiger partial charge is 0.167 e. The molecular formula is C11H20N4S. The fraction of sp³-hybridized carbons (Fsp3) is 0.818. The summed E-state index contributed by atoms with van der Waals surface area (Å²) in [5.41, 5.74) is 0. The van der Waals surface area contributed by atoms with Gasteiger partial charge in [0.2, 0.25) is 0 Å².